The Bertz CT molecular complexity index is 880. The lowest BCUT2D eigenvalue weighted by atomic mass is 9.98. The van der Waals surface area contributed by atoms with Crippen molar-refractivity contribution in [2.45, 2.75) is 6.92 Å². The number of ketones is 1. The molecule has 0 bridgehead atoms. The first-order valence-electron chi connectivity index (χ1n) is 7.80. The van der Waals surface area contributed by atoms with Gasteiger partial charge in [-0.2, -0.15) is 0 Å². The number of Topliss-reactive ketones (excluding diaryl/α,β-unsaturated/α-hetero) is 1. The topological polar surface area (TPSA) is 123 Å². The zero-order valence-corrected chi connectivity index (χ0v) is 13.8. The number of anilines is 1. The van der Waals surface area contributed by atoms with Gasteiger partial charge >= 0.3 is 5.88 Å². The van der Waals surface area contributed by atoms with Gasteiger partial charge in [0.2, 0.25) is 5.91 Å². The number of amides is 2. The minimum Gasteiger partial charge on any atom is -0.395 e. The van der Waals surface area contributed by atoms with Crippen LogP contribution in [0.5, 0.6) is 0 Å². The molecule has 1 aliphatic heterocycles. The van der Waals surface area contributed by atoms with E-state index in [9.17, 15) is 24.5 Å². The van der Waals surface area contributed by atoms with Gasteiger partial charge in [0.15, 0.2) is 11.5 Å². The highest BCUT2D eigenvalue weighted by Gasteiger charge is 2.37. The summed E-state index contributed by atoms with van der Waals surface area (Å²) < 4.78 is 4.87. The summed E-state index contributed by atoms with van der Waals surface area (Å²) in [6, 6.07) is 8.87. The van der Waals surface area contributed by atoms with Gasteiger partial charge in [0.05, 0.1) is 12.0 Å². The second kappa shape index (κ2) is 6.79. The molecule has 1 aromatic heterocycles. The summed E-state index contributed by atoms with van der Waals surface area (Å²) in [5.41, 5.74) is 1.11. The maximum Gasteiger partial charge on any atom is 0.433 e. The smallest absolute Gasteiger partial charge is 0.395 e. The third-order valence-corrected chi connectivity index (χ3v) is 4.08. The predicted molar refractivity (Wildman–Crippen MR) is 89.8 cm³/mol. The van der Waals surface area contributed by atoms with Crippen LogP contribution in [0.4, 0.5) is 11.6 Å². The van der Waals surface area contributed by atoms with E-state index in [1.807, 2.05) is 0 Å². The number of hydrogen-bond donors (Lipinski definition) is 1. The van der Waals surface area contributed by atoms with Gasteiger partial charge in [-0.15, -0.1) is 0 Å². The van der Waals surface area contributed by atoms with E-state index >= 15 is 0 Å². The number of nitrogens with one attached hydrogen (secondary N) is 1. The summed E-state index contributed by atoms with van der Waals surface area (Å²) in [7, 11) is 0. The van der Waals surface area contributed by atoms with E-state index in [0.717, 1.165) is 6.07 Å². The molecule has 0 unspecified atom stereocenters. The third-order valence-electron chi connectivity index (χ3n) is 4.08. The number of nitro groups is 1. The number of carbonyl (C=O) groups is 3. The minimum absolute atomic E-state index is 0.0609. The Labute approximate surface area is 147 Å². The van der Waals surface area contributed by atoms with Crippen molar-refractivity contribution in [3.63, 3.8) is 0 Å². The zero-order chi connectivity index (χ0) is 18.8. The molecule has 0 atom stereocenters. The minimum atomic E-state index is -0.722. The van der Waals surface area contributed by atoms with Gasteiger partial charge in [-0.3, -0.25) is 24.5 Å². The summed E-state index contributed by atoms with van der Waals surface area (Å²) in [6.45, 7) is 1.86. The van der Waals surface area contributed by atoms with Crippen molar-refractivity contribution < 1.29 is 23.7 Å². The Morgan fingerprint density at radius 1 is 1.15 bits per heavy atom. The van der Waals surface area contributed by atoms with E-state index in [-0.39, 0.29) is 36.5 Å². The molecule has 2 heterocycles. The van der Waals surface area contributed by atoms with Crippen LogP contribution in [0.15, 0.2) is 40.8 Å². The average molecular weight is 357 g/mol. The van der Waals surface area contributed by atoms with Crippen LogP contribution < -0.4 is 5.32 Å². The van der Waals surface area contributed by atoms with Gasteiger partial charge in [0.25, 0.3) is 5.91 Å². The molecule has 0 spiro atoms. The summed E-state index contributed by atoms with van der Waals surface area (Å²) in [4.78, 5) is 46.8. The molecule has 1 aliphatic rings. The summed E-state index contributed by atoms with van der Waals surface area (Å²) in [5.74, 6) is -1.80. The zero-order valence-electron chi connectivity index (χ0n) is 13.8. The Morgan fingerprint density at radius 3 is 2.35 bits per heavy atom. The van der Waals surface area contributed by atoms with Crippen molar-refractivity contribution in [3.8, 4) is 0 Å². The molecular weight excluding hydrogens is 342 g/mol. The molecule has 3 rings (SSSR count). The number of carbonyl (C=O) groups excluding carboxylic acids is 3. The number of hydrogen-bond acceptors (Lipinski definition) is 6. The van der Waals surface area contributed by atoms with Crippen LogP contribution in [0, 0.1) is 16.0 Å². The number of benzene rings is 1. The molecule has 1 aromatic carbocycles. The van der Waals surface area contributed by atoms with E-state index < -0.39 is 16.7 Å². The molecule has 2 aromatic rings. The number of likely N-dealkylation sites (tertiary alicyclic amines) is 1. The molecule has 0 saturated carbocycles. The normalized spacial score (nSPS) is 13.8. The maximum atomic E-state index is 12.2. The highest BCUT2D eigenvalue weighted by molar-refractivity contribution is 5.98. The molecule has 9 nitrogen and oxygen atoms in total. The first-order chi connectivity index (χ1) is 12.3. The molecule has 2 amide bonds. The van der Waals surface area contributed by atoms with Crippen LogP contribution in [0.1, 0.15) is 27.8 Å². The largest absolute Gasteiger partial charge is 0.433 e. The van der Waals surface area contributed by atoms with Crippen LogP contribution in [-0.2, 0) is 4.79 Å². The van der Waals surface area contributed by atoms with E-state index in [1.165, 1.54) is 17.9 Å². The van der Waals surface area contributed by atoms with Crippen LogP contribution in [0.25, 0.3) is 0 Å². The lowest BCUT2D eigenvalue weighted by Gasteiger charge is -2.37. The van der Waals surface area contributed by atoms with Crippen LogP contribution in [0.2, 0.25) is 0 Å². The van der Waals surface area contributed by atoms with Crippen molar-refractivity contribution in [2.24, 2.45) is 5.92 Å². The fourth-order valence-electron chi connectivity index (χ4n) is 2.54. The molecule has 1 saturated heterocycles. The molecule has 1 fully saturated rings. The molecule has 0 radical (unpaired) electrons. The lowest BCUT2D eigenvalue weighted by molar-refractivity contribution is -0.402. The highest BCUT2D eigenvalue weighted by Crippen LogP contribution is 2.23. The number of nitrogens with zero attached hydrogens (tertiary/aromatic N) is 2. The number of furan rings is 1. The second-order valence-electron chi connectivity index (χ2n) is 5.92. The summed E-state index contributed by atoms with van der Waals surface area (Å²) >= 11 is 0. The van der Waals surface area contributed by atoms with Crippen molar-refractivity contribution in [3.05, 3.63) is 57.8 Å². The Morgan fingerprint density at radius 2 is 1.81 bits per heavy atom. The van der Waals surface area contributed by atoms with Crippen molar-refractivity contribution >= 4 is 29.2 Å². The van der Waals surface area contributed by atoms with Gasteiger partial charge in [0.1, 0.15) is 4.92 Å². The van der Waals surface area contributed by atoms with E-state index in [4.69, 9.17) is 4.42 Å². The monoisotopic (exact) mass is 357 g/mol. The molecule has 9 heteroatoms. The van der Waals surface area contributed by atoms with Crippen LogP contribution in [-0.4, -0.2) is 40.5 Å². The Hall–Kier alpha value is -3.49. The molecule has 0 aliphatic carbocycles. The first-order valence-corrected chi connectivity index (χ1v) is 7.80. The number of rotatable bonds is 5. The van der Waals surface area contributed by atoms with Gasteiger partial charge < -0.3 is 14.6 Å². The van der Waals surface area contributed by atoms with Gasteiger partial charge in [0, 0.05) is 24.3 Å². The Balaban J connectivity index is 1.53. The molecule has 26 heavy (non-hydrogen) atoms. The summed E-state index contributed by atoms with van der Waals surface area (Å²) in [5, 5.41) is 13.3. The second-order valence-corrected chi connectivity index (χ2v) is 5.92. The standard InChI is InChI=1S/C17H15N3O6/c1-10(21)11-2-4-13(5-3-11)18-16(22)12-8-19(9-12)17(23)14-6-7-15(26-14)20(24)25/h2-7,12H,8-9H2,1H3,(H,18,22). The fourth-order valence-corrected chi connectivity index (χ4v) is 2.54. The van der Waals surface area contributed by atoms with Gasteiger partial charge in [-0.25, -0.2) is 0 Å². The lowest BCUT2D eigenvalue weighted by Crippen LogP contribution is -2.54. The fraction of sp³-hybridized carbons (Fsp3) is 0.235. The maximum absolute atomic E-state index is 12.2. The first kappa shape index (κ1) is 17.3. The predicted octanol–water partition coefficient (Wildman–Crippen LogP) is 2.10. The van der Waals surface area contributed by atoms with Crippen LogP contribution >= 0.6 is 0 Å². The van der Waals surface area contributed by atoms with Crippen molar-refractivity contribution in [1.82, 2.24) is 4.90 Å². The molecule has 1 N–H and O–H groups in total. The van der Waals surface area contributed by atoms with Gasteiger partial charge in [-0.1, -0.05) is 0 Å². The van der Waals surface area contributed by atoms with E-state index in [1.54, 1.807) is 24.3 Å². The van der Waals surface area contributed by atoms with Crippen molar-refractivity contribution in [1.29, 1.82) is 0 Å². The van der Waals surface area contributed by atoms with E-state index in [2.05, 4.69) is 5.32 Å². The average Bonchev–Trinajstić information content (AvgIpc) is 3.04. The van der Waals surface area contributed by atoms with Crippen molar-refractivity contribution in [2.75, 3.05) is 18.4 Å². The highest BCUT2D eigenvalue weighted by atomic mass is 16.6. The third kappa shape index (κ3) is 3.46. The Kier molecular flexibility index (Phi) is 4.53. The quantitative estimate of drug-likeness (QED) is 0.497. The SMILES string of the molecule is CC(=O)c1ccc(NC(=O)C2CN(C(=O)c3ccc([N+](=O)[O-])o3)C2)cc1. The van der Waals surface area contributed by atoms with Crippen LogP contribution in [0.3, 0.4) is 0 Å². The summed E-state index contributed by atoms with van der Waals surface area (Å²) in [6.07, 6.45) is 0. The van der Waals surface area contributed by atoms with E-state index in [0.29, 0.717) is 11.3 Å². The van der Waals surface area contributed by atoms with Gasteiger partial charge in [-0.05, 0) is 37.3 Å². The molecule has 134 valence electrons. The molecular formula is C17H15N3O6.